The minimum Gasteiger partial charge on any atom is -0.389 e. The number of hydrogen-bond acceptors (Lipinski definition) is 1. The normalized spacial score (nSPS) is 17.1. The van der Waals surface area contributed by atoms with Gasteiger partial charge in [-0.15, -0.1) is 12.3 Å². The van der Waals surface area contributed by atoms with Gasteiger partial charge < -0.3 is 5.11 Å². The molecular formula is C10H18O. The summed E-state index contributed by atoms with van der Waals surface area (Å²) in [6.07, 6.45) is 6.30. The van der Waals surface area contributed by atoms with Crippen molar-refractivity contribution >= 4 is 0 Å². The van der Waals surface area contributed by atoms with Gasteiger partial charge >= 0.3 is 0 Å². The predicted octanol–water partition coefficient (Wildman–Crippen LogP) is 2.20. The lowest BCUT2D eigenvalue weighted by molar-refractivity contribution is 0.0239. The number of aliphatic hydroxyl groups is 1. The van der Waals surface area contributed by atoms with Gasteiger partial charge in [-0.3, -0.25) is 0 Å². The molecule has 0 saturated heterocycles. The van der Waals surface area contributed by atoms with E-state index in [1.165, 1.54) is 0 Å². The molecule has 0 aliphatic carbocycles. The molecule has 0 radical (unpaired) electrons. The lowest BCUT2D eigenvalue weighted by Gasteiger charge is -2.29. The van der Waals surface area contributed by atoms with E-state index in [0.29, 0.717) is 6.42 Å². The zero-order valence-electron chi connectivity index (χ0n) is 7.94. The van der Waals surface area contributed by atoms with E-state index in [-0.39, 0.29) is 5.41 Å². The molecule has 1 N–H and O–H groups in total. The maximum Gasteiger partial charge on any atom is 0.0733 e. The van der Waals surface area contributed by atoms with Gasteiger partial charge in [0.25, 0.3) is 0 Å². The Hall–Kier alpha value is -0.480. The number of terminal acetylenes is 1. The molecule has 0 saturated carbocycles. The minimum atomic E-state index is -0.701. The molecule has 0 rings (SSSR count). The van der Waals surface area contributed by atoms with Crippen molar-refractivity contribution in [1.82, 2.24) is 0 Å². The smallest absolute Gasteiger partial charge is 0.0733 e. The molecule has 0 spiro atoms. The van der Waals surface area contributed by atoms with E-state index < -0.39 is 5.60 Å². The zero-order chi connectivity index (χ0) is 9.12. The van der Waals surface area contributed by atoms with Crippen LogP contribution in [-0.2, 0) is 0 Å². The minimum absolute atomic E-state index is 0.139. The molecule has 0 aromatic carbocycles. The number of rotatable bonds is 2. The van der Waals surface area contributed by atoms with Crippen LogP contribution in [0.15, 0.2) is 0 Å². The van der Waals surface area contributed by atoms with Gasteiger partial charge in [0, 0.05) is 6.42 Å². The Kier molecular flexibility index (Phi) is 3.13. The first-order valence-corrected chi connectivity index (χ1v) is 3.93. The summed E-state index contributed by atoms with van der Waals surface area (Å²) in [5.74, 6) is 2.48. The topological polar surface area (TPSA) is 20.2 Å². The van der Waals surface area contributed by atoms with E-state index in [2.05, 4.69) is 26.7 Å². The summed E-state index contributed by atoms with van der Waals surface area (Å²) < 4.78 is 0. The lowest BCUT2D eigenvalue weighted by Crippen LogP contribution is -2.29. The van der Waals surface area contributed by atoms with Crippen LogP contribution < -0.4 is 0 Å². The van der Waals surface area contributed by atoms with Crippen LogP contribution in [0.2, 0.25) is 0 Å². The van der Waals surface area contributed by atoms with E-state index in [1.807, 2.05) is 0 Å². The molecule has 11 heavy (non-hydrogen) atoms. The molecule has 1 atom stereocenters. The van der Waals surface area contributed by atoms with Crippen LogP contribution in [0.25, 0.3) is 0 Å². The molecule has 0 aromatic heterocycles. The SMILES string of the molecule is C#CC[C@](C)(O)CC(C)(C)C. The standard InChI is InChI=1S/C10H18O/c1-6-7-10(5,11)8-9(2,3)4/h1,11H,7-8H2,2-5H3/t10-/m0/s1. The Balaban J connectivity index is 4.04. The summed E-state index contributed by atoms with van der Waals surface area (Å²) >= 11 is 0. The average Bonchev–Trinajstić information content (AvgIpc) is 1.55. The summed E-state index contributed by atoms with van der Waals surface area (Å²) in [7, 11) is 0. The fraction of sp³-hybridized carbons (Fsp3) is 0.800. The van der Waals surface area contributed by atoms with Crippen molar-refractivity contribution in [1.29, 1.82) is 0 Å². The third-order valence-corrected chi connectivity index (χ3v) is 1.39. The maximum atomic E-state index is 9.71. The largest absolute Gasteiger partial charge is 0.389 e. The third kappa shape index (κ3) is 5.94. The van der Waals surface area contributed by atoms with Gasteiger partial charge in [-0.1, -0.05) is 20.8 Å². The number of hydrogen-bond donors (Lipinski definition) is 1. The molecule has 0 aliphatic rings. The van der Waals surface area contributed by atoms with Gasteiger partial charge in [0.05, 0.1) is 5.60 Å². The van der Waals surface area contributed by atoms with E-state index >= 15 is 0 Å². The molecule has 0 unspecified atom stereocenters. The summed E-state index contributed by atoms with van der Waals surface area (Å²) in [5, 5.41) is 9.71. The maximum absolute atomic E-state index is 9.71. The first-order valence-electron chi connectivity index (χ1n) is 3.93. The molecule has 0 fully saturated rings. The second kappa shape index (κ2) is 3.28. The molecule has 0 amide bonds. The first-order chi connectivity index (χ1) is 4.77. The monoisotopic (exact) mass is 154 g/mol. The van der Waals surface area contributed by atoms with Gasteiger partial charge in [0.15, 0.2) is 0 Å². The molecule has 64 valence electrons. The summed E-state index contributed by atoms with van der Waals surface area (Å²) in [6.45, 7) is 8.08. The lowest BCUT2D eigenvalue weighted by atomic mass is 9.81. The molecule has 1 heteroatoms. The first kappa shape index (κ1) is 10.5. The van der Waals surface area contributed by atoms with Crippen LogP contribution in [0.1, 0.15) is 40.5 Å². The van der Waals surface area contributed by atoms with E-state index in [9.17, 15) is 5.11 Å². The average molecular weight is 154 g/mol. The molecule has 1 nitrogen and oxygen atoms in total. The highest BCUT2D eigenvalue weighted by molar-refractivity contribution is 4.94. The zero-order valence-corrected chi connectivity index (χ0v) is 7.94. The second-order valence-corrected chi connectivity index (χ2v) is 4.62. The highest BCUT2D eigenvalue weighted by Gasteiger charge is 2.26. The van der Waals surface area contributed by atoms with Gasteiger partial charge in [-0.05, 0) is 18.8 Å². The van der Waals surface area contributed by atoms with Crippen LogP contribution in [0, 0.1) is 17.8 Å². The van der Waals surface area contributed by atoms with Crippen molar-refractivity contribution in [3.8, 4) is 12.3 Å². The summed E-state index contributed by atoms with van der Waals surface area (Å²) in [6, 6.07) is 0. The van der Waals surface area contributed by atoms with Crippen molar-refractivity contribution < 1.29 is 5.11 Å². The van der Waals surface area contributed by atoms with Crippen molar-refractivity contribution in [3.05, 3.63) is 0 Å². The molecular weight excluding hydrogens is 136 g/mol. The Labute approximate surface area is 69.8 Å². The van der Waals surface area contributed by atoms with Crippen LogP contribution in [-0.4, -0.2) is 10.7 Å². The fourth-order valence-corrected chi connectivity index (χ4v) is 1.42. The molecule has 0 heterocycles. The van der Waals surface area contributed by atoms with Crippen molar-refractivity contribution in [2.75, 3.05) is 0 Å². The quantitative estimate of drug-likeness (QED) is 0.604. The van der Waals surface area contributed by atoms with E-state index in [1.54, 1.807) is 6.92 Å². The fourth-order valence-electron chi connectivity index (χ4n) is 1.42. The highest BCUT2D eigenvalue weighted by Crippen LogP contribution is 2.28. The van der Waals surface area contributed by atoms with Crippen molar-refractivity contribution in [2.45, 2.75) is 46.1 Å². The van der Waals surface area contributed by atoms with Gasteiger partial charge in [-0.2, -0.15) is 0 Å². The molecule has 0 aliphatic heterocycles. The highest BCUT2D eigenvalue weighted by atomic mass is 16.3. The Morgan fingerprint density at radius 2 is 1.73 bits per heavy atom. The molecule has 0 aromatic rings. The van der Waals surface area contributed by atoms with Gasteiger partial charge in [0.2, 0.25) is 0 Å². The van der Waals surface area contributed by atoms with Crippen LogP contribution in [0.4, 0.5) is 0 Å². The van der Waals surface area contributed by atoms with Crippen LogP contribution in [0.5, 0.6) is 0 Å². The van der Waals surface area contributed by atoms with Crippen LogP contribution in [0.3, 0.4) is 0 Å². The van der Waals surface area contributed by atoms with Gasteiger partial charge in [0.1, 0.15) is 0 Å². The third-order valence-electron chi connectivity index (χ3n) is 1.39. The van der Waals surface area contributed by atoms with Crippen molar-refractivity contribution in [2.24, 2.45) is 5.41 Å². The Morgan fingerprint density at radius 3 is 2.00 bits per heavy atom. The Bertz CT molecular complexity index is 155. The predicted molar refractivity (Wildman–Crippen MR) is 48.1 cm³/mol. The second-order valence-electron chi connectivity index (χ2n) is 4.62. The summed E-state index contributed by atoms with van der Waals surface area (Å²) in [4.78, 5) is 0. The van der Waals surface area contributed by atoms with Crippen molar-refractivity contribution in [3.63, 3.8) is 0 Å². The summed E-state index contributed by atoms with van der Waals surface area (Å²) in [5.41, 5.74) is -0.562. The Morgan fingerprint density at radius 1 is 1.27 bits per heavy atom. The molecule has 0 bridgehead atoms. The van der Waals surface area contributed by atoms with E-state index in [0.717, 1.165) is 6.42 Å². The van der Waals surface area contributed by atoms with Crippen LogP contribution >= 0.6 is 0 Å². The van der Waals surface area contributed by atoms with E-state index in [4.69, 9.17) is 6.42 Å². The van der Waals surface area contributed by atoms with Gasteiger partial charge in [-0.25, -0.2) is 0 Å².